The Morgan fingerprint density at radius 2 is 1.68 bits per heavy atom. The number of urea groups is 1. The number of hydrogen-bond acceptors (Lipinski definition) is 5. The second-order valence-corrected chi connectivity index (χ2v) is 8.65. The molecular formula is C26H19BrN2O5. The maximum absolute atomic E-state index is 13.2. The minimum Gasteiger partial charge on any atom is -0.422 e. The molecule has 34 heavy (non-hydrogen) atoms. The largest absolute Gasteiger partial charge is 0.422 e. The number of rotatable bonds is 4. The third-order valence-corrected chi connectivity index (χ3v) is 5.62. The number of anilines is 1. The molecule has 1 N–H and O–H groups in total. The Labute approximate surface area is 204 Å². The highest BCUT2D eigenvalue weighted by Crippen LogP contribution is 2.29. The van der Waals surface area contributed by atoms with Crippen molar-refractivity contribution in [3.05, 3.63) is 99.0 Å². The Bertz CT molecular complexity index is 1360. The molecule has 0 atom stereocenters. The molecule has 1 aliphatic rings. The van der Waals surface area contributed by atoms with E-state index in [-0.39, 0.29) is 11.3 Å². The van der Waals surface area contributed by atoms with Crippen LogP contribution < -0.4 is 15.0 Å². The first-order valence-electron chi connectivity index (χ1n) is 10.3. The fraction of sp³-hybridized carbons (Fsp3) is 0.0769. The second kappa shape index (κ2) is 9.44. The Morgan fingerprint density at radius 3 is 2.38 bits per heavy atom. The number of nitrogens with one attached hydrogen (secondary N) is 1. The van der Waals surface area contributed by atoms with Crippen LogP contribution in [0.3, 0.4) is 0 Å². The van der Waals surface area contributed by atoms with E-state index in [1.807, 2.05) is 19.9 Å². The summed E-state index contributed by atoms with van der Waals surface area (Å²) in [5.41, 5.74) is 2.58. The van der Waals surface area contributed by atoms with Gasteiger partial charge in [-0.05, 0) is 68.0 Å². The molecule has 1 fully saturated rings. The summed E-state index contributed by atoms with van der Waals surface area (Å²) >= 11 is 3.36. The number of amides is 4. The predicted molar refractivity (Wildman–Crippen MR) is 130 cm³/mol. The van der Waals surface area contributed by atoms with Gasteiger partial charge in [0.2, 0.25) is 0 Å². The summed E-state index contributed by atoms with van der Waals surface area (Å²) in [5.74, 6) is -2.05. The molecule has 4 amide bonds. The van der Waals surface area contributed by atoms with Gasteiger partial charge in [0, 0.05) is 10.0 Å². The van der Waals surface area contributed by atoms with Crippen molar-refractivity contribution < 1.29 is 23.9 Å². The van der Waals surface area contributed by atoms with E-state index in [2.05, 4.69) is 21.2 Å². The summed E-state index contributed by atoms with van der Waals surface area (Å²) < 4.78 is 6.20. The number of aryl methyl sites for hydroxylation is 2. The van der Waals surface area contributed by atoms with E-state index in [0.29, 0.717) is 21.3 Å². The molecule has 0 bridgehead atoms. The second-order valence-electron chi connectivity index (χ2n) is 7.73. The van der Waals surface area contributed by atoms with Crippen molar-refractivity contribution in [2.24, 2.45) is 0 Å². The lowest BCUT2D eigenvalue weighted by atomic mass is 10.1. The fourth-order valence-corrected chi connectivity index (χ4v) is 3.77. The van der Waals surface area contributed by atoms with E-state index in [1.54, 1.807) is 60.7 Å². The number of carbonyl (C=O) groups excluding carboxylic acids is 4. The molecule has 0 aliphatic carbocycles. The molecule has 0 unspecified atom stereocenters. The molecule has 0 aromatic heterocycles. The van der Waals surface area contributed by atoms with Gasteiger partial charge in [-0.3, -0.25) is 14.9 Å². The summed E-state index contributed by atoms with van der Waals surface area (Å²) in [5, 5.41) is 2.19. The summed E-state index contributed by atoms with van der Waals surface area (Å²) in [7, 11) is 0. The van der Waals surface area contributed by atoms with Gasteiger partial charge in [-0.1, -0.05) is 45.8 Å². The molecule has 1 saturated heterocycles. The number of halogens is 1. The smallest absolute Gasteiger partial charge is 0.343 e. The molecule has 3 aromatic carbocycles. The van der Waals surface area contributed by atoms with Crippen molar-refractivity contribution in [3.8, 4) is 5.75 Å². The van der Waals surface area contributed by atoms with Crippen LogP contribution in [0.4, 0.5) is 10.5 Å². The maximum Gasteiger partial charge on any atom is 0.343 e. The number of benzene rings is 3. The van der Waals surface area contributed by atoms with E-state index >= 15 is 0 Å². The first kappa shape index (κ1) is 23.1. The fourth-order valence-electron chi connectivity index (χ4n) is 3.39. The molecule has 3 aromatic rings. The van der Waals surface area contributed by atoms with Gasteiger partial charge in [0.15, 0.2) is 0 Å². The molecule has 0 spiro atoms. The van der Waals surface area contributed by atoms with Gasteiger partial charge >= 0.3 is 12.0 Å². The summed E-state index contributed by atoms with van der Waals surface area (Å²) in [6, 6.07) is 17.7. The Morgan fingerprint density at radius 1 is 0.941 bits per heavy atom. The quantitative estimate of drug-likeness (QED) is 0.228. The van der Waals surface area contributed by atoms with Crippen molar-refractivity contribution in [2.45, 2.75) is 13.8 Å². The average molecular weight is 519 g/mol. The number of hydrogen-bond donors (Lipinski definition) is 1. The van der Waals surface area contributed by atoms with E-state index in [1.165, 1.54) is 6.08 Å². The van der Waals surface area contributed by atoms with Crippen LogP contribution in [0, 0.1) is 13.8 Å². The third kappa shape index (κ3) is 4.82. The topological polar surface area (TPSA) is 92.8 Å². The molecule has 8 heteroatoms. The van der Waals surface area contributed by atoms with Gasteiger partial charge in [-0.2, -0.15) is 0 Å². The number of carbonyl (C=O) groups is 4. The van der Waals surface area contributed by atoms with Gasteiger partial charge in [0.1, 0.15) is 11.3 Å². The monoisotopic (exact) mass is 518 g/mol. The summed E-state index contributed by atoms with van der Waals surface area (Å²) in [4.78, 5) is 51.7. The number of esters is 1. The highest BCUT2D eigenvalue weighted by atomic mass is 79.9. The van der Waals surface area contributed by atoms with E-state index in [0.717, 1.165) is 16.0 Å². The standard InChI is InChI=1S/C26H19BrN2O5/c1-15-6-8-17(9-7-15)25(32)34-22-11-10-19(27)13-18(22)14-21-23(30)28-26(33)29(24(21)31)20-5-3-4-16(2)12-20/h3-14H,1-2H3,(H,28,30,33)/b21-14-. The average Bonchev–Trinajstić information content (AvgIpc) is 2.78. The summed E-state index contributed by atoms with van der Waals surface area (Å²) in [6.45, 7) is 3.74. The normalized spacial score (nSPS) is 14.9. The van der Waals surface area contributed by atoms with Crippen molar-refractivity contribution in [1.29, 1.82) is 0 Å². The third-order valence-electron chi connectivity index (χ3n) is 5.12. The molecule has 7 nitrogen and oxygen atoms in total. The lowest BCUT2D eigenvalue weighted by molar-refractivity contribution is -0.122. The van der Waals surface area contributed by atoms with Crippen LogP contribution >= 0.6 is 15.9 Å². The van der Waals surface area contributed by atoms with Gasteiger partial charge in [-0.25, -0.2) is 14.5 Å². The maximum atomic E-state index is 13.2. The molecule has 1 aliphatic heterocycles. The predicted octanol–water partition coefficient (Wildman–Crippen LogP) is 4.95. The van der Waals surface area contributed by atoms with Crippen LogP contribution in [0.15, 0.2) is 76.8 Å². The number of nitrogens with zero attached hydrogens (tertiary/aromatic N) is 1. The minimum absolute atomic E-state index is 0.154. The van der Waals surface area contributed by atoms with Crippen LogP contribution in [0.1, 0.15) is 27.0 Å². The minimum atomic E-state index is -0.838. The van der Waals surface area contributed by atoms with Crippen molar-refractivity contribution >= 4 is 51.5 Å². The zero-order valence-electron chi connectivity index (χ0n) is 18.3. The lowest BCUT2D eigenvalue weighted by Crippen LogP contribution is -2.54. The van der Waals surface area contributed by atoms with Crippen LogP contribution in [0.5, 0.6) is 5.75 Å². The van der Waals surface area contributed by atoms with Crippen molar-refractivity contribution in [3.63, 3.8) is 0 Å². The van der Waals surface area contributed by atoms with E-state index in [9.17, 15) is 19.2 Å². The zero-order chi connectivity index (χ0) is 24.4. The van der Waals surface area contributed by atoms with E-state index in [4.69, 9.17) is 4.74 Å². The molecule has 1 heterocycles. The van der Waals surface area contributed by atoms with Crippen LogP contribution in [-0.4, -0.2) is 23.8 Å². The van der Waals surface area contributed by atoms with Crippen LogP contribution in [0.2, 0.25) is 0 Å². The first-order valence-corrected chi connectivity index (χ1v) is 11.1. The van der Waals surface area contributed by atoms with Gasteiger partial charge in [0.05, 0.1) is 11.3 Å². The number of imide groups is 2. The van der Waals surface area contributed by atoms with Gasteiger partial charge in [-0.15, -0.1) is 0 Å². The van der Waals surface area contributed by atoms with Gasteiger partial charge in [0.25, 0.3) is 11.8 Å². The van der Waals surface area contributed by atoms with Crippen molar-refractivity contribution in [2.75, 3.05) is 4.90 Å². The highest BCUT2D eigenvalue weighted by molar-refractivity contribution is 9.10. The van der Waals surface area contributed by atoms with E-state index < -0.39 is 23.8 Å². The Hall–Kier alpha value is -4.04. The molecule has 170 valence electrons. The molecular weight excluding hydrogens is 500 g/mol. The lowest BCUT2D eigenvalue weighted by Gasteiger charge is -2.26. The number of ether oxygens (including phenoxy) is 1. The van der Waals surface area contributed by atoms with Crippen LogP contribution in [-0.2, 0) is 9.59 Å². The molecule has 4 rings (SSSR count). The summed E-state index contributed by atoms with van der Waals surface area (Å²) in [6.07, 6.45) is 1.30. The first-order chi connectivity index (χ1) is 16.2. The molecule has 0 radical (unpaired) electrons. The van der Waals surface area contributed by atoms with Crippen molar-refractivity contribution in [1.82, 2.24) is 5.32 Å². The Kier molecular flexibility index (Phi) is 6.43. The Balaban J connectivity index is 1.71. The zero-order valence-corrected chi connectivity index (χ0v) is 19.9. The van der Waals surface area contributed by atoms with Gasteiger partial charge < -0.3 is 4.74 Å². The number of barbiturate groups is 1. The molecule has 0 saturated carbocycles. The van der Waals surface area contributed by atoms with Crippen LogP contribution in [0.25, 0.3) is 6.08 Å². The SMILES string of the molecule is Cc1ccc(C(=O)Oc2ccc(Br)cc2/C=C2/C(=O)NC(=O)N(c3cccc(C)c3)C2=O)cc1. The highest BCUT2D eigenvalue weighted by Gasteiger charge is 2.37.